The summed E-state index contributed by atoms with van der Waals surface area (Å²) >= 11 is 0. The molecular weight excluding hydrogens is 372 g/mol. The van der Waals surface area contributed by atoms with Gasteiger partial charge in [0.1, 0.15) is 0 Å². The molecule has 0 aliphatic rings. The summed E-state index contributed by atoms with van der Waals surface area (Å²) in [6.07, 6.45) is 3.02. The van der Waals surface area contributed by atoms with Crippen LogP contribution in [-0.2, 0) is 16.1 Å². The highest BCUT2D eigenvalue weighted by Gasteiger charge is 2.22. The van der Waals surface area contributed by atoms with Crippen LogP contribution >= 0.6 is 0 Å². The Morgan fingerprint density at radius 3 is 2.55 bits per heavy atom. The second-order valence-electron chi connectivity index (χ2n) is 6.59. The Morgan fingerprint density at radius 2 is 1.86 bits per heavy atom. The van der Waals surface area contributed by atoms with Crippen LogP contribution in [0.4, 0.5) is 5.69 Å². The van der Waals surface area contributed by atoms with Gasteiger partial charge in [-0.15, -0.1) is 0 Å². The molecule has 0 aliphatic carbocycles. The van der Waals surface area contributed by atoms with Gasteiger partial charge >= 0.3 is 11.7 Å². The minimum atomic E-state index is -0.401. The number of benzene rings is 1. The van der Waals surface area contributed by atoms with Gasteiger partial charge in [0.25, 0.3) is 0 Å². The molecular formula is C21H24N4O4. The minimum Gasteiger partial charge on any atom is -0.462 e. The number of fused-ring (bicyclic) bond motifs is 1. The average Bonchev–Trinajstić information content (AvgIpc) is 3.15. The van der Waals surface area contributed by atoms with E-state index in [1.165, 1.54) is 6.08 Å². The fraction of sp³-hybridized carbons (Fsp3) is 0.286. The smallest absolute Gasteiger partial charge is 0.340 e. The molecule has 0 fully saturated rings. The molecule has 3 aromatic rings. The number of rotatable bonds is 6. The number of amides is 1. The maximum absolute atomic E-state index is 12.4. The molecule has 1 aromatic carbocycles. The van der Waals surface area contributed by atoms with E-state index in [0.717, 1.165) is 11.4 Å². The van der Waals surface area contributed by atoms with Gasteiger partial charge in [-0.05, 0) is 52.0 Å². The van der Waals surface area contributed by atoms with E-state index in [9.17, 15) is 14.4 Å². The zero-order valence-electron chi connectivity index (χ0n) is 16.9. The number of nitrogens with one attached hydrogen (secondary N) is 3. The number of imidazole rings is 1. The van der Waals surface area contributed by atoms with Crippen molar-refractivity contribution >= 4 is 34.7 Å². The van der Waals surface area contributed by atoms with Crippen molar-refractivity contribution in [2.75, 3.05) is 11.9 Å². The van der Waals surface area contributed by atoms with E-state index < -0.39 is 5.97 Å². The summed E-state index contributed by atoms with van der Waals surface area (Å²) in [6.45, 7) is 8.52. The van der Waals surface area contributed by atoms with Gasteiger partial charge < -0.3 is 24.6 Å². The van der Waals surface area contributed by atoms with Crippen LogP contribution in [0, 0.1) is 13.8 Å². The van der Waals surface area contributed by atoms with Crippen molar-refractivity contribution in [3.05, 3.63) is 57.3 Å². The number of aromatic amines is 2. The molecule has 29 heavy (non-hydrogen) atoms. The molecule has 8 heteroatoms. The van der Waals surface area contributed by atoms with Crippen LogP contribution in [0.15, 0.2) is 29.1 Å². The zero-order chi connectivity index (χ0) is 21.1. The maximum Gasteiger partial charge on any atom is 0.340 e. The summed E-state index contributed by atoms with van der Waals surface area (Å²) in [7, 11) is 0. The van der Waals surface area contributed by atoms with Gasteiger partial charge in [-0.3, -0.25) is 4.79 Å². The van der Waals surface area contributed by atoms with Crippen LogP contribution in [0.5, 0.6) is 0 Å². The lowest BCUT2D eigenvalue weighted by Crippen LogP contribution is -2.09. The van der Waals surface area contributed by atoms with Gasteiger partial charge in [0.05, 0.1) is 23.2 Å². The highest BCUT2D eigenvalue weighted by Crippen LogP contribution is 2.25. The monoisotopic (exact) mass is 396 g/mol. The molecule has 3 N–H and O–H groups in total. The third-order valence-electron chi connectivity index (χ3n) is 4.81. The lowest BCUT2D eigenvalue weighted by atomic mass is 10.1. The Kier molecular flexibility index (Phi) is 5.72. The second kappa shape index (κ2) is 8.22. The number of H-pyrrole nitrogens is 2. The molecule has 0 aliphatic heterocycles. The van der Waals surface area contributed by atoms with E-state index in [1.54, 1.807) is 31.2 Å². The standard InChI is InChI=1S/C21H24N4O4/c1-5-25-12(3)15(19(13(25)4)20(27)29-6-2)8-10-18(26)22-14-7-9-16-17(11-14)24-21(28)23-16/h7-11H,5-6H2,1-4H3,(H,22,26)(H2,23,24,28)/b10-8+. The van der Waals surface area contributed by atoms with Crippen LogP contribution in [-0.4, -0.2) is 33.0 Å². The first-order valence-electron chi connectivity index (χ1n) is 9.43. The quantitative estimate of drug-likeness (QED) is 0.439. The first-order valence-corrected chi connectivity index (χ1v) is 9.43. The van der Waals surface area contributed by atoms with Gasteiger partial charge in [0.2, 0.25) is 5.91 Å². The SMILES string of the molecule is CCOC(=O)c1c(/C=C/C(=O)Nc2ccc3[nH]c(=O)[nH]c3c2)c(C)n(CC)c1C. The molecule has 0 atom stereocenters. The first kappa shape index (κ1) is 20.2. The third-order valence-corrected chi connectivity index (χ3v) is 4.81. The van der Waals surface area contributed by atoms with Gasteiger partial charge in [0.15, 0.2) is 0 Å². The topological polar surface area (TPSA) is 109 Å². The highest BCUT2D eigenvalue weighted by atomic mass is 16.5. The lowest BCUT2D eigenvalue weighted by Gasteiger charge is -2.05. The number of aromatic nitrogens is 3. The summed E-state index contributed by atoms with van der Waals surface area (Å²) in [5.41, 5.74) is 4.36. The number of esters is 1. The van der Waals surface area contributed by atoms with Crippen molar-refractivity contribution in [3.8, 4) is 0 Å². The van der Waals surface area contributed by atoms with Crippen molar-refractivity contribution in [1.82, 2.24) is 14.5 Å². The van der Waals surface area contributed by atoms with E-state index in [0.29, 0.717) is 34.4 Å². The Labute approximate surface area is 167 Å². The van der Waals surface area contributed by atoms with Crippen molar-refractivity contribution in [2.45, 2.75) is 34.2 Å². The Bertz CT molecular complexity index is 1160. The number of anilines is 1. The number of carbonyl (C=O) groups excluding carboxylic acids is 2. The third kappa shape index (κ3) is 4.01. The van der Waals surface area contributed by atoms with Crippen LogP contribution in [0.1, 0.15) is 41.2 Å². The normalized spacial score (nSPS) is 11.3. The molecule has 0 saturated carbocycles. The van der Waals surface area contributed by atoms with Gasteiger partial charge in [-0.1, -0.05) is 0 Å². The van der Waals surface area contributed by atoms with Crippen LogP contribution in [0.25, 0.3) is 17.1 Å². The largest absolute Gasteiger partial charge is 0.462 e. The van der Waals surface area contributed by atoms with E-state index in [1.807, 2.05) is 25.3 Å². The predicted octanol–water partition coefficient (Wildman–Crippen LogP) is 3.12. The zero-order valence-corrected chi connectivity index (χ0v) is 16.9. The highest BCUT2D eigenvalue weighted by molar-refractivity contribution is 6.04. The average molecular weight is 396 g/mol. The van der Waals surface area contributed by atoms with Crippen LogP contribution < -0.4 is 11.0 Å². The summed E-state index contributed by atoms with van der Waals surface area (Å²) in [5, 5.41) is 2.76. The number of hydrogen-bond acceptors (Lipinski definition) is 4. The van der Waals surface area contributed by atoms with Gasteiger partial charge in [-0.2, -0.15) is 0 Å². The molecule has 152 valence electrons. The predicted molar refractivity (Wildman–Crippen MR) is 112 cm³/mol. The van der Waals surface area contributed by atoms with Crippen molar-refractivity contribution in [2.24, 2.45) is 0 Å². The molecule has 2 aromatic heterocycles. The summed E-state index contributed by atoms with van der Waals surface area (Å²) in [4.78, 5) is 41.5. The second-order valence-corrected chi connectivity index (χ2v) is 6.59. The number of hydrogen-bond donors (Lipinski definition) is 3. The molecule has 2 heterocycles. The van der Waals surface area contributed by atoms with Crippen LogP contribution in [0.3, 0.4) is 0 Å². The molecule has 0 saturated heterocycles. The number of carbonyl (C=O) groups is 2. The minimum absolute atomic E-state index is 0.280. The van der Waals surface area contributed by atoms with E-state index >= 15 is 0 Å². The number of ether oxygens (including phenoxy) is 1. The molecule has 0 radical (unpaired) electrons. The van der Waals surface area contributed by atoms with E-state index in [2.05, 4.69) is 15.3 Å². The fourth-order valence-electron chi connectivity index (χ4n) is 3.50. The fourth-order valence-corrected chi connectivity index (χ4v) is 3.50. The molecule has 0 unspecified atom stereocenters. The van der Waals surface area contributed by atoms with E-state index in [-0.39, 0.29) is 18.2 Å². The maximum atomic E-state index is 12.4. The molecule has 1 amide bonds. The summed E-state index contributed by atoms with van der Waals surface area (Å²) in [5.74, 6) is -0.749. The Hall–Kier alpha value is -3.55. The molecule has 0 spiro atoms. The van der Waals surface area contributed by atoms with Crippen molar-refractivity contribution in [1.29, 1.82) is 0 Å². The Morgan fingerprint density at radius 1 is 1.14 bits per heavy atom. The van der Waals surface area contributed by atoms with Crippen molar-refractivity contribution < 1.29 is 14.3 Å². The Balaban J connectivity index is 1.86. The van der Waals surface area contributed by atoms with E-state index in [4.69, 9.17) is 4.74 Å². The molecule has 0 bridgehead atoms. The molecule has 3 rings (SSSR count). The van der Waals surface area contributed by atoms with Crippen molar-refractivity contribution in [3.63, 3.8) is 0 Å². The van der Waals surface area contributed by atoms with Crippen LogP contribution in [0.2, 0.25) is 0 Å². The molecule has 8 nitrogen and oxygen atoms in total. The lowest BCUT2D eigenvalue weighted by molar-refractivity contribution is -0.111. The summed E-state index contributed by atoms with van der Waals surface area (Å²) < 4.78 is 7.20. The van der Waals surface area contributed by atoms with Gasteiger partial charge in [-0.25, -0.2) is 9.59 Å². The number of nitrogens with zero attached hydrogens (tertiary/aromatic N) is 1. The van der Waals surface area contributed by atoms with Gasteiger partial charge in [0, 0.05) is 35.3 Å². The first-order chi connectivity index (χ1) is 13.8. The summed E-state index contributed by atoms with van der Waals surface area (Å²) in [6, 6.07) is 5.08.